The lowest BCUT2D eigenvalue weighted by Gasteiger charge is -2.15. The molecular formula is C14H23NOS. The summed E-state index contributed by atoms with van der Waals surface area (Å²) in [6.45, 7) is 8.97. The standard InChI is InChI=1S/C14H23NOS/c1-13(2,3)12-5-4-11(17-12)8-15-9-14(10-16)6-7-14/h4-5,15-16H,6-10H2,1-3H3. The summed E-state index contributed by atoms with van der Waals surface area (Å²) in [5, 5.41) is 12.7. The molecule has 0 unspecified atom stereocenters. The molecule has 0 bridgehead atoms. The van der Waals surface area contributed by atoms with Gasteiger partial charge < -0.3 is 10.4 Å². The van der Waals surface area contributed by atoms with E-state index in [9.17, 15) is 5.11 Å². The van der Waals surface area contributed by atoms with E-state index in [0.717, 1.165) is 13.1 Å². The predicted octanol–water partition coefficient (Wildman–Crippen LogP) is 2.91. The molecule has 2 N–H and O–H groups in total. The number of hydrogen-bond acceptors (Lipinski definition) is 3. The molecule has 96 valence electrons. The van der Waals surface area contributed by atoms with Gasteiger partial charge >= 0.3 is 0 Å². The average molecular weight is 253 g/mol. The van der Waals surface area contributed by atoms with Crippen molar-refractivity contribution in [1.29, 1.82) is 0 Å². The number of hydrogen-bond donors (Lipinski definition) is 2. The van der Waals surface area contributed by atoms with Gasteiger partial charge in [0.1, 0.15) is 0 Å². The molecule has 1 fully saturated rings. The van der Waals surface area contributed by atoms with Gasteiger partial charge in [-0.15, -0.1) is 11.3 Å². The van der Waals surface area contributed by atoms with Gasteiger partial charge in [-0.2, -0.15) is 0 Å². The first-order chi connectivity index (χ1) is 7.95. The molecule has 0 atom stereocenters. The van der Waals surface area contributed by atoms with Crippen molar-refractivity contribution in [3.8, 4) is 0 Å². The monoisotopic (exact) mass is 253 g/mol. The first kappa shape index (κ1) is 13.1. The van der Waals surface area contributed by atoms with E-state index in [4.69, 9.17) is 0 Å². The third-order valence-electron chi connectivity index (χ3n) is 3.49. The summed E-state index contributed by atoms with van der Waals surface area (Å²) in [5.74, 6) is 0. The molecule has 1 aliphatic carbocycles. The number of thiophene rings is 1. The van der Waals surface area contributed by atoms with Crippen LogP contribution >= 0.6 is 11.3 Å². The van der Waals surface area contributed by atoms with Crippen molar-refractivity contribution in [3.05, 3.63) is 21.9 Å². The minimum atomic E-state index is 0.212. The van der Waals surface area contributed by atoms with Crippen molar-refractivity contribution >= 4 is 11.3 Å². The Bertz CT molecular complexity index is 374. The summed E-state index contributed by atoms with van der Waals surface area (Å²) >= 11 is 1.89. The maximum Gasteiger partial charge on any atom is 0.0499 e. The Hall–Kier alpha value is -0.380. The van der Waals surface area contributed by atoms with Gasteiger partial charge in [-0.25, -0.2) is 0 Å². The van der Waals surface area contributed by atoms with Crippen molar-refractivity contribution in [1.82, 2.24) is 5.32 Å². The third kappa shape index (κ3) is 3.30. The minimum Gasteiger partial charge on any atom is -0.396 e. The first-order valence-electron chi connectivity index (χ1n) is 6.36. The highest BCUT2D eigenvalue weighted by atomic mass is 32.1. The second-order valence-electron chi connectivity index (χ2n) is 6.28. The third-order valence-corrected chi connectivity index (χ3v) is 5.00. The first-order valence-corrected chi connectivity index (χ1v) is 7.18. The molecule has 1 heterocycles. The Morgan fingerprint density at radius 1 is 1.35 bits per heavy atom. The van der Waals surface area contributed by atoms with Crippen LogP contribution in [-0.4, -0.2) is 18.3 Å². The molecule has 0 aromatic carbocycles. The van der Waals surface area contributed by atoms with E-state index in [1.165, 1.54) is 22.6 Å². The molecule has 0 radical (unpaired) electrons. The molecule has 0 spiro atoms. The van der Waals surface area contributed by atoms with Crippen LogP contribution in [0.15, 0.2) is 12.1 Å². The van der Waals surface area contributed by atoms with Gasteiger partial charge in [0.2, 0.25) is 0 Å². The van der Waals surface area contributed by atoms with Gasteiger partial charge in [-0.3, -0.25) is 0 Å². The van der Waals surface area contributed by atoms with Gasteiger partial charge in [0.25, 0.3) is 0 Å². The van der Waals surface area contributed by atoms with Crippen LogP contribution in [-0.2, 0) is 12.0 Å². The largest absolute Gasteiger partial charge is 0.396 e. The normalized spacial score (nSPS) is 18.4. The Balaban J connectivity index is 1.81. The van der Waals surface area contributed by atoms with Crippen LogP contribution in [0.1, 0.15) is 43.4 Å². The second kappa shape index (κ2) is 4.71. The molecule has 1 aromatic heterocycles. The maximum absolute atomic E-state index is 9.23. The molecule has 2 nitrogen and oxygen atoms in total. The summed E-state index contributed by atoms with van der Waals surface area (Å²) in [6, 6.07) is 4.46. The summed E-state index contributed by atoms with van der Waals surface area (Å²) in [7, 11) is 0. The lowest BCUT2D eigenvalue weighted by atomic mass is 9.95. The van der Waals surface area contributed by atoms with E-state index in [2.05, 4.69) is 38.2 Å². The van der Waals surface area contributed by atoms with Crippen LogP contribution in [0, 0.1) is 5.41 Å². The van der Waals surface area contributed by atoms with Crippen LogP contribution in [0.5, 0.6) is 0 Å². The van der Waals surface area contributed by atoms with Crippen molar-refractivity contribution in [2.45, 2.75) is 45.6 Å². The van der Waals surface area contributed by atoms with Crippen molar-refractivity contribution in [2.24, 2.45) is 5.41 Å². The zero-order chi connectivity index (χ0) is 12.5. The fourth-order valence-electron chi connectivity index (χ4n) is 1.89. The molecule has 3 heteroatoms. The van der Waals surface area contributed by atoms with E-state index >= 15 is 0 Å². The lowest BCUT2D eigenvalue weighted by molar-refractivity contribution is 0.207. The molecule has 0 amide bonds. The van der Waals surface area contributed by atoms with Crippen molar-refractivity contribution < 1.29 is 5.11 Å². The highest BCUT2D eigenvalue weighted by Crippen LogP contribution is 2.44. The summed E-state index contributed by atoms with van der Waals surface area (Å²) in [5.41, 5.74) is 0.468. The molecule has 1 saturated carbocycles. The Morgan fingerprint density at radius 2 is 2.06 bits per heavy atom. The smallest absolute Gasteiger partial charge is 0.0499 e. The quantitative estimate of drug-likeness (QED) is 0.845. The molecule has 1 aromatic rings. The minimum absolute atomic E-state index is 0.212. The maximum atomic E-state index is 9.23. The molecule has 1 aliphatic rings. The van der Waals surface area contributed by atoms with Gasteiger partial charge in [-0.05, 0) is 30.4 Å². The van der Waals surface area contributed by atoms with Crippen LogP contribution in [0.3, 0.4) is 0 Å². The predicted molar refractivity (Wildman–Crippen MR) is 73.5 cm³/mol. The van der Waals surface area contributed by atoms with Gasteiger partial charge in [0, 0.05) is 34.9 Å². The van der Waals surface area contributed by atoms with E-state index in [0.29, 0.717) is 6.61 Å². The fourth-order valence-corrected chi connectivity index (χ4v) is 2.93. The van der Waals surface area contributed by atoms with E-state index < -0.39 is 0 Å². The molecular weight excluding hydrogens is 230 g/mol. The molecule has 0 aliphatic heterocycles. The van der Waals surface area contributed by atoms with Gasteiger partial charge in [0.05, 0.1) is 0 Å². The highest BCUT2D eigenvalue weighted by Gasteiger charge is 2.41. The second-order valence-corrected chi connectivity index (χ2v) is 7.45. The fraction of sp³-hybridized carbons (Fsp3) is 0.714. The number of aliphatic hydroxyl groups is 1. The van der Waals surface area contributed by atoms with E-state index in [-0.39, 0.29) is 10.8 Å². The Kier molecular flexibility index (Phi) is 3.62. The van der Waals surface area contributed by atoms with E-state index in [1.54, 1.807) is 0 Å². The Labute approximate surface area is 108 Å². The lowest BCUT2D eigenvalue weighted by Crippen LogP contribution is -2.25. The topological polar surface area (TPSA) is 32.3 Å². The molecule has 2 rings (SSSR count). The van der Waals surface area contributed by atoms with Gasteiger partial charge in [0.15, 0.2) is 0 Å². The molecule has 17 heavy (non-hydrogen) atoms. The average Bonchev–Trinajstić information content (AvgIpc) is 2.86. The highest BCUT2D eigenvalue weighted by molar-refractivity contribution is 7.12. The summed E-state index contributed by atoms with van der Waals surface area (Å²) < 4.78 is 0. The van der Waals surface area contributed by atoms with Crippen LogP contribution < -0.4 is 5.32 Å². The zero-order valence-corrected chi connectivity index (χ0v) is 11.9. The summed E-state index contributed by atoms with van der Waals surface area (Å²) in [4.78, 5) is 2.83. The SMILES string of the molecule is CC(C)(C)c1ccc(CNCC2(CO)CC2)s1. The Morgan fingerprint density at radius 3 is 2.53 bits per heavy atom. The molecule has 0 saturated heterocycles. The van der Waals surface area contributed by atoms with Crippen LogP contribution in [0.25, 0.3) is 0 Å². The van der Waals surface area contributed by atoms with E-state index in [1.807, 2.05) is 11.3 Å². The number of rotatable bonds is 5. The zero-order valence-electron chi connectivity index (χ0n) is 11.0. The van der Waals surface area contributed by atoms with Crippen LogP contribution in [0.4, 0.5) is 0 Å². The van der Waals surface area contributed by atoms with Crippen molar-refractivity contribution in [2.75, 3.05) is 13.2 Å². The number of nitrogens with one attached hydrogen (secondary N) is 1. The summed E-state index contributed by atoms with van der Waals surface area (Å²) in [6.07, 6.45) is 2.35. The van der Waals surface area contributed by atoms with Gasteiger partial charge in [-0.1, -0.05) is 20.8 Å². The number of aliphatic hydroxyl groups excluding tert-OH is 1. The van der Waals surface area contributed by atoms with Crippen molar-refractivity contribution in [3.63, 3.8) is 0 Å². The van der Waals surface area contributed by atoms with Crippen LogP contribution in [0.2, 0.25) is 0 Å².